The molecular weight excluding hydrogens is 342 g/mol. The first-order valence-corrected chi connectivity index (χ1v) is 8.52. The van der Waals surface area contributed by atoms with Crippen LogP contribution >= 0.6 is 12.4 Å². The van der Waals surface area contributed by atoms with Crippen molar-refractivity contribution in [3.05, 3.63) is 29.8 Å². The van der Waals surface area contributed by atoms with Crippen molar-refractivity contribution in [2.45, 2.75) is 51.5 Å². The molecule has 1 saturated heterocycles. The van der Waals surface area contributed by atoms with Crippen LogP contribution in [0.25, 0.3) is 0 Å². The summed E-state index contributed by atoms with van der Waals surface area (Å²) in [6.07, 6.45) is 5.06. The van der Waals surface area contributed by atoms with Crippen molar-refractivity contribution in [1.29, 1.82) is 0 Å². The standard InChI is InChI=1S/C18H25N3O3.ClH/c19-12-4-2-1-3-5-16(22)20-15-8-6-14(7-9-15)13-21-17(23)10-11-18(21)24;/h6-9H,1-5,10-13,19H2,(H,20,22);1H. The second-order valence-corrected chi connectivity index (χ2v) is 6.07. The second-order valence-electron chi connectivity index (χ2n) is 6.07. The molecule has 3 amide bonds. The van der Waals surface area contributed by atoms with Gasteiger partial charge in [0.25, 0.3) is 0 Å². The Morgan fingerprint density at radius 2 is 1.60 bits per heavy atom. The van der Waals surface area contributed by atoms with E-state index in [1.54, 1.807) is 12.1 Å². The van der Waals surface area contributed by atoms with Crippen LogP contribution in [0.5, 0.6) is 0 Å². The normalized spacial score (nSPS) is 13.7. The molecule has 7 heteroatoms. The van der Waals surface area contributed by atoms with E-state index in [4.69, 9.17) is 5.73 Å². The highest BCUT2D eigenvalue weighted by molar-refractivity contribution is 6.01. The topological polar surface area (TPSA) is 92.5 Å². The minimum atomic E-state index is -0.119. The number of rotatable bonds is 9. The summed E-state index contributed by atoms with van der Waals surface area (Å²) < 4.78 is 0. The van der Waals surface area contributed by atoms with Gasteiger partial charge in [0.05, 0.1) is 6.54 Å². The summed E-state index contributed by atoms with van der Waals surface area (Å²) in [5, 5.41) is 2.86. The number of nitrogens with two attached hydrogens (primary N) is 1. The monoisotopic (exact) mass is 367 g/mol. The van der Waals surface area contributed by atoms with Gasteiger partial charge in [-0.1, -0.05) is 25.0 Å². The zero-order valence-electron chi connectivity index (χ0n) is 14.3. The van der Waals surface area contributed by atoms with Gasteiger partial charge in [0, 0.05) is 24.9 Å². The van der Waals surface area contributed by atoms with E-state index in [1.807, 2.05) is 12.1 Å². The fourth-order valence-electron chi connectivity index (χ4n) is 2.68. The Hall–Kier alpha value is -1.92. The van der Waals surface area contributed by atoms with Crippen LogP contribution in [0.4, 0.5) is 5.69 Å². The third-order valence-corrected chi connectivity index (χ3v) is 4.09. The number of unbranched alkanes of at least 4 members (excludes halogenated alkanes) is 3. The second kappa shape index (κ2) is 10.8. The lowest BCUT2D eigenvalue weighted by Crippen LogP contribution is -2.28. The van der Waals surface area contributed by atoms with Gasteiger partial charge in [-0.2, -0.15) is 0 Å². The fraction of sp³-hybridized carbons (Fsp3) is 0.500. The number of hydrogen-bond acceptors (Lipinski definition) is 4. The average Bonchev–Trinajstić information content (AvgIpc) is 2.88. The molecule has 1 aromatic rings. The van der Waals surface area contributed by atoms with Gasteiger partial charge in [0.15, 0.2) is 0 Å². The maximum absolute atomic E-state index is 11.9. The maximum Gasteiger partial charge on any atom is 0.229 e. The van der Waals surface area contributed by atoms with Gasteiger partial charge in [-0.15, -0.1) is 12.4 Å². The van der Waals surface area contributed by atoms with E-state index >= 15 is 0 Å². The number of nitrogens with one attached hydrogen (secondary N) is 1. The predicted octanol–water partition coefficient (Wildman–Crippen LogP) is 2.61. The van der Waals surface area contributed by atoms with E-state index in [2.05, 4.69) is 5.32 Å². The minimum Gasteiger partial charge on any atom is -0.330 e. The van der Waals surface area contributed by atoms with Crippen molar-refractivity contribution >= 4 is 35.8 Å². The smallest absolute Gasteiger partial charge is 0.229 e. The molecule has 0 spiro atoms. The van der Waals surface area contributed by atoms with Crippen molar-refractivity contribution in [2.24, 2.45) is 5.73 Å². The molecule has 138 valence electrons. The van der Waals surface area contributed by atoms with Gasteiger partial charge in [-0.3, -0.25) is 19.3 Å². The number of imide groups is 1. The third kappa shape index (κ3) is 6.84. The lowest BCUT2D eigenvalue weighted by molar-refractivity contribution is -0.139. The van der Waals surface area contributed by atoms with Crippen LogP contribution in [0, 0.1) is 0 Å². The molecule has 25 heavy (non-hydrogen) atoms. The molecular formula is C18H26ClN3O3. The van der Waals surface area contributed by atoms with E-state index in [0.717, 1.165) is 36.9 Å². The molecule has 0 atom stereocenters. The molecule has 0 saturated carbocycles. The van der Waals surface area contributed by atoms with Crippen LogP contribution in [-0.2, 0) is 20.9 Å². The molecule has 1 heterocycles. The molecule has 1 aliphatic rings. The number of anilines is 1. The van der Waals surface area contributed by atoms with Crippen molar-refractivity contribution in [1.82, 2.24) is 4.90 Å². The van der Waals surface area contributed by atoms with Crippen LogP contribution in [0.15, 0.2) is 24.3 Å². The van der Waals surface area contributed by atoms with Gasteiger partial charge in [0.1, 0.15) is 0 Å². The molecule has 0 unspecified atom stereocenters. The summed E-state index contributed by atoms with van der Waals surface area (Å²) in [5.41, 5.74) is 7.03. The summed E-state index contributed by atoms with van der Waals surface area (Å²) in [6, 6.07) is 7.25. The molecule has 3 N–H and O–H groups in total. The number of carbonyl (C=O) groups excluding carboxylic acids is 3. The summed E-state index contributed by atoms with van der Waals surface area (Å²) in [6.45, 7) is 1.00. The molecule has 1 aliphatic heterocycles. The molecule has 6 nitrogen and oxygen atoms in total. The van der Waals surface area contributed by atoms with E-state index in [1.165, 1.54) is 4.90 Å². The van der Waals surface area contributed by atoms with Crippen LogP contribution in [-0.4, -0.2) is 29.2 Å². The molecule has 0 bridgehead atoms. The first kappa shape index (κ1) is 21.1. The number of hydrogen-bond donors (Lipinski definition) is 2. The zero-order chi connectivity index (χ0) is 17.4. The highest BCUT2D eigenvalue weighted by atomic mass is 35.5. The number of benzene rings is 1. The molecule has 0 radical (unpaired) electrons. The van der Waals surface area contributed by atoms with E-state index in [0.29, 0.717) is 32.4 Å². The lowest BCUT2D eigenvalue weighted by atomic mass is 10.1. The largest absolute Gasteiger partial charge is 0.330 e. The fourth-order valence-corrected chi connectivity index (χ4v) is 2.68. The van der Waals surface area contributed by atoms with Crippen LogP contribution in [0.2, 0.25) is 0 Å². The van der Waals surface area contributed by atoms with E-state index in [9.17, 15) is 14.4 Å². The molecule has 1 fully saturated rings. The SMILES string of the molecule is Cl.NCCCCCCC(=O)Nc1ccc(CN2C(=O)CCC2=O)cc1. The van der Waals surface area contributed by atoms with Gasteiger partial charge in [-0.05, 0) is 37.1 Å². The van der Waals surface area contributed by atoms with Crippen molar-refractivity contribution in [3.8, 4) is 0 Å². The Morgan fingerprint density at radius 3 is 2.20 bits per heavy atom. The quantitative estimate of drug-likeness (QED) is 0.518. The number of halogens is 1. The summed E-state index contributed by atoms with van der Waals surface area (Å²) in [7, 11) is 0. The summed E-state index contributed by atoms with van der Waals surface area (Å²) in [5.74, 6) is -0.237. The molecule has 0 aromatic heterocycles. The first-order chi connectivity index (χ1) is 11.6. The number of carbonyl (C=O) groups is 3. The van der Waals surface area contributed by atoms with Gasteiger partial charge < -0.3 is 11.1 Å². The average molecular weight is 368 g/mol. The lowest BCUT2D eigenvalue weighted by Gasteiger charge is -2.14. The third-order valence-electron chi connectivity index (χ3n) is 4.09. The number of nitrogens with zero attached hydrogens (tertiary/aromatic N) is 1. The number of likely N-dealkylation sites (tertiary alicyclic amines) is 1. The maximum atomic E-state index is 11.9. The number of amides is 3. The Morgan fingerprint density at radius 1 is 1.00 bits per heavy atom. The van der Waals surface area contributed by atoms with Crippen LogP contribution < -0.4 is 11.1 Å². The Balaban J connectivity index is 0.00000312. The van der Waals surface area contributed by atoms with Crippen molar-refractivity contribution in [3.63, 3.8) is 0 Å². The van der Waals surface area contributed by atoms with Crippen LogP contribution in [0.1, 0.15) is 50.5 Å². The van der Waals surface area contributed by atoms with Crippen molar-refractivity contribution in [2.75, 3.05) is 11.9 Å². The minimum absolute atomic E-state index is 0. The summed E-state index contributed by atoms with van der Waals surface area (Å²) >= 11 is 0. The highest BCUT2D eigenvalue weighted by Crippen LogP contribution is 2.17. The molecule has 0 aliphatic carbocycles. The Labute approximate surface area is 154 Å². The van der Waals surface area contributed by atoms with Crippen LogP contribution in [0.3, 0.4) is 0 Å². The van der Waals surface area contributed by atoms with Crippen molar-refractivity contribution < 1.29 is 14.4 Å². The highest BCUT2D eigenvalue weighted by Gasteiger charge is 2.28. The first-order valence-electron chi connectivity index (χ1n) is 8.52. The Kier molecular flexibility index (Phi) is 9.16. The summed E-state index contributed by atoms with van der Waals surface area (Å²) in [4.78, 5) is 36.4. The van der Waals surface area contributed by atoms with Gasteiger partial charge in [0.2, 0.25) is 17.7 Å². The zero-order valence-corrected chi connectivity index (χ0v) is 15.1. The predicted molar refractivity (Wildman–Crippen MR) is 99.3 cm³/mol. The molecule has 2 rings (SSSR count). The van der Waals surface area contributed by atoms with Gasteiger partial charge >= 0.3 is 0 Å². The Bertz CT molecular complexity index is 574. The van der Waals surface area contributed by atoms with Gasteiger partial charge in [-0.25, -0.2) is 0 Å². The van der Waals surface area contributed by atoms with E-state index in [-0.39, 0.29) is 30.1 Å². The van der Waals surface area contributed by atoms with E-state index < -0.39 is 0 Å². The molecule has 1 aromatic carbocycles.